The molecule has 34 heavy (non-hydrogen) atoms. The Morgan fingerprint density at radius 2 is 2.06 bits per heavy atom. The zero-order valence-corrected chi connectivity index (χ0v) is 20.2. The molecule has 5 N–H and O–H groups in total. The summed E-state index contributed by atoms with van der Waals surface area (Å²) in [4.78, 5) is 7.28. The minimum Gasteiger partial charge on any atom is -0.399 e. The molecule has 3 aromatic rings. The van der Waals surface area contributed by atoms with E-state index in [1.807, 2.05) is 36.7 Å². The molecule has 1 saturated heterocycles. The van der Waals surface area contributed by atoms with Gasteiger partial charge < -0.3 is 21.4 Å². The summed E-state index contributed by atoms with van der Waals surface area (Å²) < 4.78 is 1.89. The fraction of sp³-hybridized carbons (Fsp3) is 0.440. The molecule has 0 spiro atoms. The first-order valence-corrected chi connectivity index (χ1v) is 12.1. The van der Waals surface area contributed by atoms with Crippen molar-refractivity contribution >= 4 is 17.6 Å². The van der Waals surface area contributed by atoms with Gasteiger partial charge in [-0.25, -0.2) is 4.98 Å². The van der Waals surface area contributed by atoms with Crippen molar-refractivity contribution in [3.8, 4) is 22.9 Å². The van der Waals surface area contributed by atoms with Gasteiger partial charge in [0.15, 0.2) is 11.6 Å². The number of likely N-dealkylation sites (tertiary alicyclic amines) is 1. The van der Waals surface area contributed by atoms with Gasteiger partial charge in [0, 0.05) is 41.8 Å². The maximum absolute atomic E-state index is 8.12. The molecule has 0 bridgehead atoms. The zero-order valence-electron chi connectivity index (χ0n) is 20.2. The number of nitrogens with two attached hydrogens (primary N) is 1. The lowest BCUT2D eigenvalue weighted by Gasteiger charge is -2.26. The van der Waals surface area contributed by atoms with Crippen LogP contribution in [0.5, 0.6) is 0 Å². The molecule has 3 heterocycles. The van der Waals surface area contributed by atoms with Gasteiger partial charge in [0.25, 0.3) is 0 Å². The average Bonchev–Trinajstić information content (AvgIpc) is 3.48. The fourth-order valence-electron chi connectivity index (χ4n) is 4.51. The lowest BCUT2D eigenvalue weighted by molar-refractivity contribution is 0.228. The van der Waals surface area contributed by atoms with E-state index in [-0.39, 0.29) is 0 Å². The molecule has 4 rings (SSSR count). The van der Waals surface area contributed by atoms with E-state index in [4.69, 9.17) is 16.1 Å². The first-order chi connectivity index (χ1) is 16.5. The Balaban J connectivity index is 1.59. The highest BCUT2D eigenvalue weighted by Crippen LogP contribution is 2.31. The minimum atomic E-state index is 0.463. The summed E-state index contributed by atoms with van der Waals surface area (Å²) in [5.74, 6) is 1.15. The molecule has 1 aliphatic heterocycles. The number of hydrogen-bond acceptors (Lipinski definition) is 7. The molecule has 180 valence electrons. The molecule has 2 aromatic heterocycles. The number of aromatic nitrogens is 5. The van der Waals surface area contributed by atoms with Gasteiger partial charge in [0.1, 0.15) is 5.69 Å². The van der Waals surface area contributed by atoms with Crippen molar-refractivity contribution in [2.45, 2.75) is 46.1 Å². The summed E-state index contributed by atoms with van der Waals surface area (Å²) in [6.07, 6.45) is 6.33. The third-order valence-corrected chi connectivity index (χ3v) is 6.28. The molecule has 1 aliphatic rings. The van der Waals surface area contributed by atoms with Crippen molar-refractivity contribution in [1.29, 1.82) is 5.41 Å². The van der Waals surface area contributed by atoms with Crippen molar-refractivity contribution in [1.82, 2.24) is 29.9 Å². The smallest absolute Gasteiger partial charge is 0.182 e. The van der Waals surface area contributed by atoms with Crippen LogP contribution in [0.4, 0.5) is 5.69 Å². The molecule has 0 radical (unpaired) electrons. The van der Waals surface area contributed by atoms with Crippen LogP contribution in [0.3, 0.4) is 0 Å². The van der Waals surface area contributed by atoms with Crippen LogP contribution in [0.1, 0.15) is 49.4 Å². The molecule has 0 aliphatic carbocycles. The number of hydrogen-bond donors (Lipinski definition) is 4. The molecule has 0 amide bonds. The summed E-state index contributed by atoms with van der Waals surface area (Å²) in [5, 5.41) is 23.6. The van der Waals surface area contributed by atoms with Gasteiger partial charge in [0.2, 0.25) is 0 Å². The SMILES string of the molecule is C=C(N)c1cc(NCCCN2CCCCC2)c(C=N)c(-c2n[nH]c(-c3cc(C)nn3CC)n2)c1. The Morgan fingerprint density at radius 1 is 1.26 bits per heavy atom. The summed E-state index contributed by atoms with van der Waals surface area (Å²) in [6.45, 7) is 12.9. The van der Waals surface area contributed by atoms with Crippen LogP contribution in [0, 0.1) is 12.3 Å². The highest BCUT2D eigenvalue weighted by atomic mass is 15.3. The summed E-state index contributed by atoms with van der Waals surface area (Å²) in [7, 11) is 0. The Labute approximate surface area is 201 Å². The van der Waals surface area contributed by atoms with Gasteiger partial charge in [-0.15, -0.1) is 0 Å². The van der Waals surface area contributed by atoms with Crippen LogP contribution < -0.4 is 11.1 Å². The van der Waals surface area contributed by atoms with Gasteiger partial charge >= 0.3 is 0 Å². The molecular weight excluding hydrogens is 426 g/mol. The second-order valence-electron chi connectivity index (χ2n) is 8.83. The second-order valence-corrected chi connectivity index (χ2v) is 8.83. The maximum Gasteiger partial charge on any atom is 0.182 e. The van der Waals surface area contributed by atoms with Crippen LogP contribution in [0.2, 0.25) is 0 Å². The van der Waals surface area contributed by atoms with Crippen molar-refractivity contribution in [3.63, 3.8) is 0 Å². The van der Waals surface area contributed by atoms with E-state index in [9.17, 15) is 0 Å². The Bertz CT molecular complexity index is 1150. The second kappa shape index (κ2) is 10.6. The van der Waals surface area contributed by atoms with E-state index in [1.54, 1.807) is 0 Å². The number of anilines is 1. The standard InChI is InChI=1S/C25H35N9/c1-4-34-23(13-17(2)32-34)25-29-24(30-31-25)20-14-19(18(3)27)15-22(21(20)16-26)28-9-8-12-33-10-6-5-7-11-33/h13-16,26,28H,3-12,27H2,1-2H3,(H,29,30,31). The van der Waals surface area contributed by atoms with Crippen molar-refractivity contribution in [2.75, 3.05) is 31.5 Å². The molecule has 1 fully saturated rings. The van der Waals surface area contributed by atoms with E-state index in [2.05, 4.69) is 32.1 Å². The van der Waals surface area contributed by atoms with E-state index in [0.717, 1.165) is 59.8 Å². The van der Waals surface area contributed by atoms with Crippen LogP contribution in [0.25, 0.3) is 28.6 Å². The Hall–Kier alpha value is -3.46. The number of H-pyrrole nitrogens is 1. The van der Waals surface area contributed by atoms with Gasteiger partial charge in [-0.05, 0) is 76.5 Å². The molecule has 0 atom stereocenters. The van der Waals surface area contributed by atoms with E-state index in [1.165, 1.54) is 38.6 Å². The predicted molar refractivity (Wildman–Crippen MR) is 138 cm³/mol. The zero-order chi connectivity index (χ0) is 24.1. The van der Waals surface area contributed by atoms with Crippen molar-refractivity contribution in [3.05, 3.63) is 41.6 Å². The lowest BCUT2D eigenvalue weighted by atomic mass is 10.00. The maximum atomic E-state index is 8.12. The first-order valence-electron chi connectivity index (χ1n) is 12.1. The number of aromatic amines is 1. The lowest BCUT2D eigenvalue weighted by Crippen LogP contribution is -2.31. The molecule has 1 aromatic carbocycles. The van der Waals surface area contributed by atoms with Crippen molar-refractivity contribution < 1.29 is 0 Å². The quantitative estimate of drug-likeness (QED) is 0.268. The predicted octanol–water partition coefficient (Wildman–Crippen LogP) is 3.88. The molecule has 0 saturated carbocycles. The number of piperidine rings is 1. The summed E-state index contributed by atoms with van der Waals surface area (Å²) >= 11 is 0. The van der Waals surface area contributed by atoms with Gasteiger partial charge in [-0.3, -0.25) is 9.78 Å². The third kappa shape index (κ3) is 5.20. The number of benzene rings is 1. The number of nitrogens with zero attached hydrogens (tertiary/aromatic N) is 5. The summed E-state index contributed by atoms with van der Waals surface area (Å²) in [6, 6.07) is 5.84. The van der Waals surface area contributed by atoms with E-state index >= 15 is 0 Å². The fourth-order valence-corrected chi connectivity index (χ4v) is 4.51. The van der Waals surface area contributed by atoms with E-state index < -0.39 is 0 Å². The van der Waals surface area contributed by atoms with Crippen LogP contribution in [0.15, 0.2) is 24.8 Å². The van der Waals surface area contributed by atoms with Gasteiger partial charge in [0.05, 0.1) is 5.69 Å². The average molecular weight is 462 g/mol. The largest absolute Gasteiger partial charge is 0.399 e. The minimum absolute atomic E-state index is 0.463. The topological polar surface area (TPSA) is 125 Å². The van der Waals surface area contributed by atoms with Gasteiger partial charge in [-0.1, -0.05) is 13.0 Å². The number of rotatable bonds is 10. The van der Waals surface area contributed by atoms with E-state index in [0.29, 0.717) is 17.3 Å². The normalized spacial score (nSPS) is 14.3. The Kier molecular flexibility index (Phi) is 7.42. The highest BCUT2D eigenvalue weighted by molar-refractivity contribution is 5.96. The highest BCUT2D eigenvalue weighted by Gasteiger charge is 2.18. The summed E-state index contributed by atoms with van der Waals surface area (Å²) in [5.41, 5.74) is 11.4. The molecule has 9 nitrogen and oxygen atoms in total. The number of nitrogens with one attached hydrogen (secondary N) is 3. The van der Waals surface area contributed by atoms with Crippen LogP contribution in [-0.2, 0) is 6.54 Å². The number of aryl methyl sites for hydroxylation is 2. The third-order valence-electron chi connectivity index (χ3n) is 6.28. The van der Waals surface area contributed by atoms with Crippen molar-refractivity contribution in [2.24, 2.45) is 5.73 Å². The van der Waals surface area contributed by atoms with Crippen LogP contribution in [-0.4, -0.2) is 62.3 Å². The van der Waals surface area contributed by atoms with Crippen LogP contribution >= 0.6 is 0 Å². The molecule has 9 heteroatoms. The monoisotopic (exact) mass is 461 g/mol. The molecule has 0 unspecified atom stereocenters. The Morgan fingerprint density at radius 3 is 2.76 bits per heavy atom. The molecular formula is C25H35N9. The first kappa shape index (κ1) is 23.7. The van der Waals surface area contributed by atoms with Gasteiger partial charge in [-0.2, -0.15) is 10.2 Å².